The highest BCUT2D eigenvalue weighted by atomic mass is 16.3. The smallest absolute Gasteiger partial charge is 0.224 e. The molecule has 5 nitrogen and oxygen atoms in total. The Balaban J connectivity index is 2.31. The Morgan fingerprint density at radius 1 is 1.29 bits per heavy atom. The number of hydrogen-bond donors (Lipinski definition) is 2. The van der Waals surface area contributed by atoms with Crippen molar-refractivity contribution in [3.8, 4) is 0 Å². The predicted octanol–water partition coefficient (Wildman–Crippen LogP) is -0.504. The summed E-state index contributed by atoms with van der Waals surface area (Å²) < 4.78 is 0. The first-order valence-electron chi connectivity index (χ1n) is 6.41. The van der Waals surface area contributed by atoms with Gasteiger partial charge in [-0.2, -0.15) is 0 Å². The third-order valence-corrected chi connectivity index (χ3v) is 3.41. The molecule has 0 bridgehead atoms. The normalized spacial score (nSPS) is 19.7. The van der Waals surface area contributed by atoms with Crippen LogP contribution in [-0.4, -0.2) is 66.2 Å². The van der Waals surface area contributed by atoms with Gasteiger partial charge in [-0.05, 0) is 5.92 Å². The number of aliphatic hydroxyl groups is 1. The molecule has 5 heteroatoms. The number of rotatable bonds is 5. The molecule has 0 aromatic carbocycles. The number of hydrogen-bond acceptors (Lipinski definition) is 4. The SMILES string of the molecule is CC(C)C(N)CC(=O)N1CCN(CCO)CC1. The lowest BCUT2D eigenvalue weighted by Crippen LogP contribution is -2.50. The summed E-state index contributed by atoms with van der Waals surface area (Å²) in [4.78, 5) is 16.0. The highest BCUT2D eigenvalue weighted by molar-refractivity contribution is 5.77. The van der Waals surface area contributed by atoms with E-state index in [1.54, 1.807) is 0 Å². The molecule has 17 heavy (non-hydrogen) atoms. The molecule has 1 aliphatic heterocycles. The van der Waals surface area contributed by atoms with E-state index in [4.69, 9.17) is 10.8 Å². The summed E-state index contributed by atoms with van der Waals surface area (Å²) in [7, 11) is 0. The van der Waals surface area contributed by atoms with Crippen LogP contribution in [0.2, 0.25) is 0 Å². The first-order chi connectivity index (χ1) is 8.04. The van der Waals surface area contributed by atoms with Gasteiger partial charge in [-0.1, -0.05) is 13.8 Å². The maximum absolute atomic E-state index is 12.0. The van der Waals surface area contributed by atoms with Gasteiger partial charge in [-0.15, -0.1) is 0 Å². The van der Waals surface area contributed by atoms with Crippen LogP contribution >= 0.6 is 0 Å². The maximum Gasteiger partial charge on any atom is 0.224 e. The average Bonchev–Trinajstić information content (AvgIpc) is 2.30. The van der Waals surface area contributed by atoms with Crippen LogP contribution in [0.1, 0.15) is 20.3 Å². The van der Waals surface area contributed by atoms with Gasteiger partial charge in [0.2, 0.25) is 5.91 Å². The molecule has 1 rings (SSSR count). The van der Waals surface area contributed by atoms with Gasteiger partial charge < -0.3 is 15.7 Å². The van der Waals surface area contributed by atoms with Gasteiger partial charge in [-0.3, -0.25) is 9.69 Å². The van der Waals surface area contributed by atoms with Crippen molar-refractivity contribution in [2.75, 3.05) is 39.3 Å². The molecule has 1 fully saturated rings. The zero-order chi connectivity index (χ0) is 12.8. The van der Waals surface area contributed by atoms with Gasteiger partial charge in [-0.25, -0.2) is 0 Å². The number of nitrogens with two attached hydrogens (primary N) is 1. The summed E-state index contributed by atoms with van der Waals surface area (Å²) in [5, 5.41) is 8.83. The molecule has 1 heterocycles. The quantitative estimate of drug-likeness (QED) is 0.683. The second-order valence-corrected chi connectivity index (χ2v) is 5.06. The Kier molecular flexibility index (Phi) is 5.88. The summed E-state index contributed by atoms with van der Waals surface area (Å²) in [5.41, 5.74) is 5.91. The largest absolute Gasteiger partial charge is 0.395 e. The predicted molar refractivity (Wildman–Crippen MR) is 67.5 cm³/mol. The molecule has 0 saturated carbocycles. The Morgan fingerprint density at radius 3 is 2.35 bits per heavy atom. The van der Waals surface area contributed by atoms with Crippen molar-refractivity contribution >= 4 is 5.91 Å². The lowest BCUT2D eigenvalue weighted by Gasteiger charge is -2.35. The van der Waals surface area contributed by atoms with Gasteiger partial charge in [0.15, 0.2) is 0 Å². The van der Waals surface area contributed by atoms with E-state index in [0.717, 1.165) is 26.2 Å². The van der Waals surface area contributed by atoms with E-state index in [2.05, 4.69) is 4.90 Å². The van der Waals surface area contributed by atoms with Crippen molar-refractivity contribution in [3.63, 3.8) is 0 Å². The van der Waals surface area contributed by atoms with Crippen LogP contribution in [0.15, 0.2) is 0 Å². The van der Waals surface area contributed by atoms with E-state index < -0.39 is 0 Å². The fourth-order valence-corrected chi connectivity index (χ4v) is 1.93. The van der Waals surface area contributed by atoms with Gasteiger partial charge in [0.1, 0.15) is 0 Å². The molecule has 3 N–H and O–H groups in total. The number of carbonyl (C=O) groups is 1. The molecule has 0 aromatic heterocycles. The zero-order valence-corrected chi connectivity index (χ0v) is 10.9. The van der Waals surface area contributed by atoms with E-state index in [1.165, 1.54) is 0 Å². The van der Waals surface area contributed by atoms with Crippen LogP contribution in [-0.2, 0) is 4.79 Å². The molecule has 1 amide bonds. The minimum atomic E-state index is -0.0435. The summed E-state index contributed by atoms with van der Waals surface area (Å²) in [6.07, 6.45) is 0.442. The Bertz CT molecular complexity index is 238. The van der Waals surface area contributed by atoms with Crippen LogP contribution in [0.5, 0.6) is 0 Å². The summed E-state index contributed by atoms with van der Waals surface area (Å²) in [6, 6.07) is -0.0435. The van der Waals surface area contributed by atoms with Crippen LogP contribution in [0, 0.1) is 5.92 Å². The second-order valence-electron chi connectivity index (χ2n) is 5.06. The third-order valence-electron chi connectivity index (χ3n) is 3.41. The molecule has 0 aromatic rings. The standard InChI is InChI=1S/C12H25N3O2/c1-10(2)11(13)9-12(17)15-5-3-14(4-6-15)7-8-16/h10-11,16H,3-9,13H2,1-2H3. The van der Waals surface area contributed by atoms with Crippen LogP contribution in [0.4, 0.5) is 0 Å². The number of aliphatic hydroxyl groups excluding tert-OH is 1. The fraction of sp³-hybridized carbons (Fsp3) is 0.917. The molecular weight excluding hydrogens is 218 g/mol. The van der Waals surface area contributed by atoms with E-state index >= 15 is 0 Å². The highest BCUT2D eigenvalue weighted by Crippen LogP contribution is 2.08. The number of carbonyl (C=O) groups excluding carboxylic acids is 1. The van der Waals surface area contributed by atoms with E-state index in [-0.39, 0.29) is 18.6 Å². The van der Waals surface area contributed by atoms with Crippen LogP contribution in [0.25, 0.3) is 0 Å². The van der Waals surface area contributed by atoms with Crippen molar-refractivity contribution in [1.82, 2.24) is 9.80 Å². The first kappa shape index (κ1) is 14.4. The average molecular weight is 243 g/mol. The van der Waals surface area contributed by atoms with Crippen LogP contribution < -0.4 is 5.73 Å². The molecule has 1 aliphatic rings. The Hall–Kier alpha value is -0.650. The number of piperazine rings is 1. The summed E-state index contributed by atoms with van der Waals surface area (Å²) >= 11 is 0. The topological polar surface area (TPSA) is 69.8 Å². The van der Waals surface area contributed by atoms with Crippen molar-refractivity contribution in [2.24, 2.45) is 11.7 Å². The molecule has 1 saturated heterocycles. The number of β-amino-alcohol motifs (C(OH)–C–C–N with tert-alkyl or cyclic N) is 1. The van der Waals surface area contributed by atoms with E-state index in [9.17, 15) is 4.79 Å². The summed E-state index contributed by atoms with van der Waals surface area (Å²) in [6.45, 7) is 8.17. The maximum atomic E-state index is 12.0. The van der Waals surface area contributed by atoms with Gasteiger partial charge in [0.05, 0.1) is 6.61 Å². The number of amides is 1. The van der Waals surface area contributed by atoms with Crippen molar-refractivity contribution in [2.45, 2.75) is 26.3 Å². The van der Waals surface area contributed by atoms with Crippen molar-refractivity contribution < 1.29 is 9.90 Å². The number of nitrogens with zero attached hydrogens (tertiary/aromatic N) is 2. The van der Waals surface area contributed by atoms with Gasteiger partial charge in [0, 0.05) is 45.2 Å². The second kappa shape index (κ2) is 6.93. The molecule has 1 atom stereocenters. The zero-order valence-electron chi connectivity index (χ0n) is 10.9. The minimum absolute atomic E-state index is 0.0435. The third kappa shape index (κ3) is 4.61. The first-order valence-corrected chi connectivity index (χ1v) is 6.41. The lowest BCUT2D eigenvalue weighted by atomic mass is 10.0. The Morgan fingerprint density at radius 2 is 1.88 bits per heavy atom. The van der Waals surface area contributed by atoms with Gasteiger partial charge >= 0.3 is 0 Å². The van der Waals surface area contributed by atoms with Crippen molar-refractivity contribution in [1.29, 1.82) is 0 Å². The molecule has 100 valence electrons. The van der Waals surface area contributed by atoms with E-state index in [1.807, 2.05) is 18.7 Å². The molecule has 1 unspecified atom stereocenters. The highest BCUT2D eigenvalue weighted by Gasteiger charge is 2.22. The van der Waals surface area contributed by atoms with Gasteiger partial charge in [0.25, 0.3) is 0 Å². The van der Waals surface area contributed by atoms with Crippen molar-refractivity contribution in [3.05, 3.63) is 0 Å². The monoisotopic (exact) mass is 243 g/mol. The summed E-state index contributed by atoms with van der Waals surface area (Å²) in [5.74, 6) is 0.504. The lowest BCUT2D eigenvalue weighted by molar-refractivity contribution is -0.133. The molecule has 0 aliphatic carbocycles. The minimum Gasteiger partial charge on any atom is -0.395 e. The molecular formula is C12H25N3O2. The molecule has 0 radical (unpaired) electrons. The van der Waals surface area contributed by atoms with Crippen LogP contribution in [0.3, 0.4) is 0 Å². The Labute approximate surface area is 104 Å². The molecule has 0 spiro atoms. The van der Waals surface area contributed by atoms with E-state index in [0.29, 0.717) is 18.9 Å². The fourth-order valence-electron chi connectivity index (χ4n) is 1.93.